The molecule has 3 aromatic heterocycles. The van der Waals surface area contributed by atoms with Gasteiger partial charge in [-0.25, -0.2) is 9.97 Å². The van der Waals surface area contributed by atoms with Crippen LogP contribution in [-0.4, -0.2) is 37.3 Å². The summed E-state index contributed by atoms with van der Waals surface area (Å²) in [6.45, 7) is 9.17. The van der Waals surface area contributed by atoms with Crippen molar-refractivity contribution in [2.45, 2.75) is 38.5 Å². The molecule has 0 unspecified atom stereocenters. The van der Waals surface area contributed by atoms with Crippen LogP contribution in [0.1, 0.15) is 61.2 Å². The van der Waals surface area contributed by atoms with E-state index in [1.807, 2.05) is 48.5 Å². The average Bonchev–Trinajstić information content (AvgIpc) is 3.93. The molecule has 5 aromatic carbocycles. The van der Waals surface area contributed by atoms with Gasteiger partial charge >= 0.3 is 0 Å². The van der Waals surface area contributed by atoms with Crippen LogP contribution in [0.2, 0.25) is 0 Å². The molecule has 0 aliphatic heterocycles. The lowest BCUT2D eigenvalue weighted by Gasteiger charge is -2.21. The van der Waals surface area contributed by atoms with Crippen molar-refractivity contribution in [3.8, 4) is 66.0 Å². The molecule has 0 saturated carbocycles. The number of benzene rings is 5. The van der Waals surface area contributed by atoms with Gasteiger partial charge in [0.05, 0.1) is 17.1 Å². The van der Waals surface area contributed by atoms with E-state index in [4.69, 9.17) is 15.4 Å². The Kier molecular flexibility index (Phi) is 8.88. The summed E-state index contributed by atoms with van der Waals surface area (Å²) in [4.78, 5) is 14.7. The molecular formula is C51H40N6S2. The van der Waals surface area contributed by atoms with Gasteiger partial charge in [-0.05, 0) is 98.7 Å². The van der Waals surface area contributed by atoms with Gasteiger partial charge in [0, 0.05) is 40.1 Å². The summed E-state index contributed by atoms with van der Waals surface area (Å²) in [7, 11) is 1.76. The summed E-state index contributed by atoms with van der Waals surface area (Å²) in [5.74, 6) is 0. The molecular weight excluding hydrogens is 761 g/mol. The van der Waals surface area contributed by atoms with Gasteiger partial charge < -0.3 is 0 Å². The molecule has 0 radical (unpaired) electrons. The Balaban J connectivity index is 0.869. The van der Waals surface area contributed by atoms with E-state index in [-0.39, 0.29) is 10.8 Å². The minimum atomic E-state index is -0.101. The Hall–Kier alpha value is -6.35. The minimum Gasteiger partial charge on any atom is -0.292 e. The number of rotatable bonds is 6. The maximum Gasteiger partial charge on any atom is 0.166 e. The minimum absolute atomic E-state index is 0.0831. The lowest BCUT2D eigenvalue weighted by molar-refractivity contribution is 0.660. The van der Waals surface area contributed by atoms with Gasteiger partial charge in [-0.2, -0.15) is 0 Å². The fourth-order valence-corrected chi connectivity index (χ4v) is 10.3. The molecule has 6 nitrogen and oxygen atoms in total. The normalized spacial score (nSPS) is 14.4. The number of aliphatic imine (C=N–C) groups is 1. The van der Waals surface area contributed by atoms with Crippen LogP contribution in [0.5, 0.6) is 0 Å². The van der Waals surface area contributed by atoms with E-state index >= 15 is 0 Å². The zero-order valence-electron chi connectivity index (χ0n) is 33.4. The lowest BCUT2D eigenvalue weighted by Crippen LogP contribution is -2.15. The second-order valence-corrected chi connectivity index (χ2v) is 18.1. The predicted molar refractivity (Wildman–Crippen MR) is 246 cm³/mol. The molecule has 10 rings (SSSR count). The molecule has 0 amide bonds. The first kappa shape index (κ1) is 37.0. The van der Waals surface area contributed by atoms with Crippen LogP contribution in [0.25, 0.3) is 66.0 Å². The van der Waals surface area contributed by atoms with Crippen LogP contribution < -0.4 is 0 Å². The Morgan fingerprint density at radius 3 is 1.71 bits per heavy atom. The zero-order chi connectivity index (χ0) is 40.5. The van der Waals surface area contributed by atoms with Crippen LogP contribution in [0.15, 0.2) is 151 Å². The number of nitrogens with zero attached hydrogens (tertiary/aromatic N) is 5. The fourth-order valence-electron chi connectivity index (χ4n) is 8.78. The highest BCUT2D eigenvalue weighted by Crippen LogP contribution is 2.51. The Bertz CT molecular complexity index is 3030. The number of hydrogen-bond acceptors (Lipinski definition) is 8. The van der Waals surface area contributed by atoms with Crippen molar-refractivity contribution in [3.05, 3.63) is 179 Å². The second kappa shape index (κ2) is 14.2. The van der Waals surface area contributed by atoms with Gasteiger partial charge in [-0.15, -0.1) is 10.2 Å². The maximum atomic E-state index is 9.12. The average molecular weight is 801 g/mol. The Morgan fingerprint density at radius 1 is 0.525 bits per heavy atom. The van der Waals surface area contributed by atoms with Crippen molar-refractivity contribution in [1.82, 2.24) is 20.2 Å². The molecule has 0 bridgehead atoms. The van der Waals surface area contributed by atoms with Crippen LogP contribution in [0, 0.1) is 5.41 Å². The van der Waals surface area contributed by atoms with Crippen molar-refractivity contribution in [1.29, 1.82) is 5.41 Å². The molecule has 3 heterocycles. The number of fused-ring (bicyclic) bond motifs is 6. The van der Waals surface area contributed by atoms with E-state index in [2.05, 4.69) is 140 Å². The highest BCUT2D eigenvalue weighted by atomic mass is 32.2. The van der Waals surface area contributed by atoms with Gasteiger partial charge in [0.15, 0.2) is 5.01 Å². The number of thioether (sulfide) groups is 1. The maximum absolute atomic E-state index is 9.12. The standard InChI is InChI=1S/C51H40N6S2/c1-50(2)38-17-8-6-15-34(38)36-25-23-30(28-40(36)50)42-19-11-21-44(54-42)46(52)58-47(53-5)32-13-10-14-33(27-32)48-56-57-49(59-48)45-22-12-20-43(55-45)31-24-26-37-35-16-7-9-18-39(35)51(3,4)41(37)29-31/h6-29,52H,1-5H3/b52-46?,53-47-. The first-order valence-electron chi connectivity index (χ1n) is 19.7. The molecule has 0 fully saturated rings. The van der Waals surface area contributed by atoms with Crippen LogP contribution in [0.4, 0.5) is 0 Å². The molecule has 8 heteroatoms. The Labute approximate surface area is 352 Å². The number of nitrogens with one attached hydrogen (secondary N) is 1. The van der Waals surface area contributed by atoms with Gasteiger partial charge in [0.1, 0.15) is 20.8 Å². The quantitative estimate of drug-likeness (QED) is 0.134. The van der Waals surface area contributed by atoms with E-state index in [0.29, 0.717) is 10.7 Å². The molecule has 2 aliphatic carbocycles. The molecule has 59 heavy (non-hydrogen) atoms. The summed E-state index contributed by atoms with van der Waals surface area (Å²) in [5, 5.41) is 20.9. The predicted octanol–water partition coefficient (Wildman–Crippen LogP) is 12.7. The van der Waals surface area contributed by atoms with Gasteiger partial charge in [0.2, 0.25) is 0 Å². The van der Waals surface area contributed by atoms with Crippen molar-refractivity contribution in [2.75, 3.05) is 7.05 Å². The molecule has 0 atom stereocenters. The summed E-state index contributed by atoms with van der Waals surface area (Å²) >= 11 is 2.82. The van der Waals surface area contributed by atoms with Gasteiger partial charge in [-0.3, -0.25) is 10.4 Å². The second-order valence-electron chi connectivity index (χ2n) is 16.1. The number of aromatic nitrogens is 4. The van der Waals surface area contributed by atoms with Crippen molar-refractivity contribution >= 4 is 33.2 Å². The summed E-state index contributed by atoms with van der Waals surface area (Å²) in [5.41, 5.74) is 17.4. The van der Waals surface area contributed by atoms with E-state index in [0.717, 1.165) is 54.4 Å². The largest absolute Gasteiger partial charge is 0.292 e. The molecule has 0 spiro atoms. The van der Waals surface area contributed by atoms with Crippen molar-refractivity contribution in [2.24, 2.45) is 4.99 Å². The van der Waals surface area contributed by atoms with Crippen molar-refractivity contribution in [3.63, 3.8) is 0 Å². The monoisotopic (exact) mass is 800 g/mol. The van der Waals surface area contributed by atoms with E-state index in [9.17, 15) is 0 Å². The molecule has 286 valence electrons. The SMILES string of the molecule is C/N=C(\SC(=N)c1cccc(-c2ccc3c(c2)C(C)(C)c2ccccc2-3)n1)c1cccc(-c2nnc(-c3cccc(-c4ccc5c(c4)C(C)(C)c4ccccc4-5)n3)s2)c1. The highest BCUT2D eigenvalue weighted by molar-refractivity contribution is 8.27. The molecule has 8 aromatic rings. The third-order valence-corrected chi connectivity index (χ3v) is 13.9. The number of hydrogen-bond donors (Lipinski definition) is 1. The lowest BCUT2D eigenvalue weighted by atomic mass is 9.82. The molecule has 1 N–H and O–H groups in total. The first-order chi connectivity index (χ1) is 28.6. The first-order valence-corrected chi connectivity index (χ1v) is 21.4. The molecule has 2 aliphatic rings. The third kappa shape index (κ3) is 6.26. The third-order valence-electron chi connectivity index (χ3n) is 11.9. The van der Waals surface area contributed by atoms with Crippen LogP contribution in [0.3, 0.4) is 0 Å². The highest BCUT2D eigenvalue weighted by Gasteiger charge is 2.36. The smallest absolute Gasteiger partial charge is 0.166 e. The topological polar surface area (TPSA) is 87.8 Å². The number of pyridine rings is 2. The Morgan fingerprint density at radius 2 is 1.07 bits per heavy atom. The van der Waals surface area contributed by atoms with Gasteiger partial charge in [-0.1, -0.05) is 142 Å². The summed E-state index contributed by atoms with van der Waals surface area (Å²) in [6, 6.07) is 50.8. The summed E-state index contributed by atoms with van der Waals surface area (Å²) in [6.07, 6.45) is 0. The van der Waals surface area contributed by atoms with Crippen LogP contribution >= 0.6 is 23.1 Å². The van der Waals surface area contributed by atoms with E-state index in [1.165, 1.54) is 67.6 Å². The molecule has 0 saturated heterocycles. The zero-order valence-corrected chi connectivity index (χ0v) is 35.0. The van der Waals surface area contributed by atoms with E-state index < -0.39 is 0 Å². The summed E-state index contributed by atoms with van der Waals surface area (Å²) < 4.78 is 0. The van der Waals surface area contributed by atoms with Crippen molar-refractivity contribution < 1.29 is 0 Å². The fraction of sp³-hybridized carbons (Fsp3) is 0.137. The van der Waals surface area contributed by atoms with Crippen LogP contribution in [-0.2, 0) is 10.8 Å². The van der Waals surface area contributed by atoms with Gasteiger partial charge in [0.25, 0.3) is 0 Å². The van der Waals surface area contributed by atoms with E-state index in [1.54, 1.807) is 7.05 Å².